The van der Waals surface area contributed by atoms with E-state index in [-0.39, 0.29) is 17.4 Å². The highest BCUT2D eigenvalue weighted by Gasteiger charge is 2.29. The van der Waals surface area contributed by atoms with E-state index in [2.05, 4.69) is 15.9 Å². The van der Waals surface area contributed by atoms with E-state index in [0.29, 0.717) is 10.0 Å². The van der Waals surface area contributed by atoms with Gasteiger partial charge in [0.25, 0.3) is 5.69 Å². The first-order valence-electron chi connectivity index (χ1n) is 5.77. The molecule has 0 saturated heterocycles. The molecule has 2 rings (SSSR count). The Morgan fingerprint density at radius 2 is 1.94 bits per heavy atom. The Hall–Kier alpha value is -1.10. The Kier molecular flexibility index (Phi) is 3.66. The minimum absolute atomic E-state index is 0.0249. The molecule has 0 aliphatic heterocycles. The number of phenols is 1. The fourth-order valence-corrected chi connectivity index (χ4v) is 3.04. The van der Waals surface area contributed by atoms with Gasteiger partial charge in [0, 0.05) is 0 Å². The lowest BCUT2D eigenvalue weighted by Gasteiger charge is -2.22. The van der Waals surface area contributed by atoms with Gasteiger partial charge in [-0.25, -0.2) is 0 Å². The van der Waals surface area contributed by atoms with E-state index >= 15 is 0 Å². The number of nitrogens with zero attached hydrogens (tertiary/aromatic N) is 1. The van der Waals surface area contributed by atoms with Gasteiger partial charge in [0.2, 0.25) is 0 Å². The van der Waals surface area contributed by atoms with Crippen molar-refractivity contribution in [2.24, 2.45) is 0 Å². The van der Waals surface area contributed by atoms with Gasteiger partial charge in [-0.1, -0.05) is 19.3 Å². The number of benzene rings is 1. The third-order valence-electron chi connectivity index (χ3n) is 3.34. The maximum absolute atomic E-state index is 11.1. The Morgan fingerprint density at radius 1 is 1.29 bits per heavy atom. The molecule has 1 aliphatic rings. The molecule has 0 heterocycles. The predicted octanol–water partition coefficient (Wildman–Crippen LogP) is 4.11. The molecule has 0 aromatic heterocycles. The lowest BCUT2D eigenvalue weighted by atomic mass is 9.83. The van der Waals surface area contributed by atoms with Crippen LogP contribution in [0.5, 0.6) is 5.75 Å². The van der Waals surface area contributed by atoms with Crippen molar-refractivity contribution >= 4 is 21.6 Å². The molecule has 4 nitrogen and oxygen atoms in total. The maximum Gasteiger partial charge on any atom is 0.290 e. The molecule has 92 valence electrons. The molecule has 1 fully saturated rings. The van der Waals surface area contributed by atoms with E-state index in [0.717, 1.165) is 25.7 Å². The van der Waals surface area contributed by atoms with E-state index in [1.165, 1.54) is 18.6 Å². The van der Waals surface area contributed by atoms with Crippen molar-refractivity contribution < 1.29 is 10.0 Å². The minimum atomic E-state index is -0.409. The number of aromatic hydroxyl groups is 1. The van der Waals surface area contributed by atoms with Gasteiger partial charge in [-0.05, 0) is 46.8 Å². The fraction of sp³-hybridized carbons (Fsp3) is 0.500. The summed E-state index contributed by atoms with van der Waals surface area (Å²) in [4.78, 5) is 10.7. The van der Waals surface area contributed by atoms with E-state index in [4.69, 9.17) is 0 Å². The third kappa shape index (κ3) is 2.44. The zero-order valence-electron chi connectivity index (χ0n) is 9.36. The zero-order valence-corrected chi connectivity index (χ0v) is 10.9. The second kappa shape index (κ2) is 5.04. The van der Waals surface area contributed by atoms with Crippen LogP contribution in [0.4, 0.5) is 5.69 Å². The van der Waals surface area contributed by atoms with Crippen LogP contribution in [-0.2, 0) is 0 Å². The zero-order chi connectivity index (χ0) is 12.4. The summed E-state index contributed by atoms with van der Waals surface area (Å²) in [5, 5.41) is 21.0. The summed E-state index contributed by atoms with van der Waals surface area (Å²) in [6.07, 6.45) is 5.18. The van der Waals surface area contributed by atoms with Crippen LogP contribution >= 0.6 is 15.9 Å². The third-order valence-corrected chi connectivity index (χ3v) is 3.98. The van der Waals surface area contributed by atoms with Crippen LogP contribution in [0.15, 0.2) is 16.6 Å². The Balaban J connectivity index is 2.49. The van der Waals surface area contributed by atoms with Crippen molar-refractivity contribution in [2.75, 3.05) is 0 Å². The molecule has 1 aromatic carbocycles. The van der Waals surface area contributed by atoms with Gasteiger partial charge in [0.1, 0.15) is 5.75 Å². The van der Waals surface area contributed by atoms with E-state index < -0.39 is 4.92 Å². The maximum atomic E-state index is 11.1. The molecule has 0 unspecified atom stereocenters. The second-order valence-electron chi connectivity index (χ2n) is 4.42. The van der Waals surface area contributed by atoms with Gasteiger partial charge < -0.3 is 5.11 Å². The quantitative estimate of drug-likeness (QED) is 0.660. The first-order valence-corrected chi connectivity index (χ1v) is 6.56. The van der Waals surface area contributed by atoms with Crippen LogP contribution in [0.2, 0.25) is 0 Å². The second-order valence-corrected chi connectivity index (χ2v) is 5.28. The van der Waals surface area contributed by atoms with Crippen molar-refractivity contribution in [1.82, 2.24) is 0 Å². The first kappa shape index (κ1) is 12.4. The molecule has 0 atom stereocenters. The van der Waals surface area contributed by atoms with Crippen LogP contribution in [0.3, 0.4) is 0 Å². The largest absolute Gasteiger partial charge is 0.507 e. The van der Waals surface area contributed by atoms with Gasteiger partial charge in [-0.2, -0.15) is 0 Å². The van der Waals surface area contributed by atoms with Crippen LogP contribution in [0, 0.1) is 10.1 Å². The lowest BCUT2D eigenvalue weighted by Crippen LogP contribution is -2.08. The molecule has 0 bridgehead atoms. The molecule has 0 amide bonds. The van der Waals surface area contributed by atoms with Crippen LogP contribution in [0.1, 0.15) is 43.6 Å². The molecule has 0 radical (unpaired) electrons. The van der Waals surface area contributed by atoms with Crippen molar-refractivity contribution in [2.45, 2.75) is 38.0 Å². The van der Waals surface area contributed by atoms with Crippen LogP contribution in [-0.4, -0.2) is 10.0 Å². The average molecular weight is 300 g/mol. The normalized spacial score (nSPS) is 17.0. The number of hydrogen-bond acceptors (Lipinski definition) is 3. The predicted molar refractivity (Wildman–Crippen MR) is 68.3 cm³/mol. The van der Waals surface area contributed by atoms with E-state index in [1.54, 1.807) is 0 Å². The number of phenolic OH excluding ortho intramolecular Hbond substituents is 1. The standard InChI is InChI=1S/C12H14BrNO3/c13-9-6-7-10(15)11(12(9)14(16)17)8-4-2-1-3-5-8/h6-8,15H,1-5H2. The van der Waals surface area contributed by atoms with E-state index in [1.807, 2.05) is 0 Å². The summed E-state index contributed by atoms with van der Waals surface area (Å²) in [7, 11) is 0. The van der Waals surface area contributed by atoms with Crippen molar-refractivity contribution in [3.63, 3.8) is 0 Å². The Bertz CT molecular complexity index is 442. The Labute approximate surface area is 108 Å². The van der Waals surface area contributed by atoms with Gasteiger partial charge in [-0.3, -0.25) is 10.1 Å². The molecular formula is C12H14BrNO3. The van der Waals surface area contributed by atoms with Crippen LogP contribution < -0.4 is 0 Å². The molecule has 5 heteroatoms. The number of rotatable bonds is 2. The lowest BCUT2D eigenvalue weighted by molar-refractivity contribution is -0.386. The van der Waals surface area contributed by atoms with Crippen molar-refractivity contribution in [3.05, 3.63) is 32.3 Å². The summed E-state index contributed by atoms with van der Waals surface area (Å²) >= 11 is 3.20. The van der Waals surface area contributed by atoms with Gasteiger partial charge in [0.05, 0.1) is 15.0 Å². The minimum Gasteiger partial charge on any atom is -0.507 e. The topological polar surface area (TPSA) is 63.4 Å². The molecule has 1 aliphatic carbocycles. The van der Waals surface area contributed by atoms with Gasteiger partial charge in [0.15, 0.2) is 0 Å². The summed E-state index contributed by atoms with van der Waals surface area (Å²) in [5.74, 6) is 0.161. The number of nitro groups is 1. The first-order chi connectivity index (χ1) is 8.11. The van der Waals surface area contributed by atoms with E-state index in [9.17, 15) is 15.2 Å². The molecule has 1 saturated carbocycles. The SMILES string of the molecule is O=[N+]([O-])c1c(Br)ccc(O)c1C1CCCCC1. The molecule has 1 N–H and O–H groups in total. The molecule has 17 heavy (non-hydrogen) atoms. The molecular weight excluding hydrogens is 286 g/mol. The van der Waals surface area contributed by atoms with Gasteiger partial charge >= 0.3 is 0 Å². The number of hydrogen-bond donors (Lipinski definition) is 1. The van der Waals surface area contributed by atoms with Crippen LogP contribution in [0.25, 0.3) is 0 Å². The molecule has 1 aromatic rings. The molecule has 0 spiro atoms. The summed E-state index contributed by atoms with van der Waals surface area (Å²) in [6, 6.07) is 3.06. The highest BCUT2D eigenvalue weighted by molar-refractivity contribution is 9.10. The average Bonchev–Trinajstić information content (AvgIpc) is 2.32. The summed E-state index contributed by atoms with van der Waals surface area (Å²) in [5.41, 5.74) is 0.529. The van der Waals surface area contributed by atoms with Gasteiger partial charge in [-0.15, -0.1) is 0 Å². The monoisotopic (exact) mass is 299 g/mol. The highest BCUT2D eigenvalue weighted by Crippen LogP contribution is 2.44. The summed E-state index contributed by atoms with van der Waals surface area (Å²) < 4.78 is 0.445. The number of halogens is 1. The summed E-state index contributed by atoms with van der Waals surface area (Å²) in [6.45, 7) is 0. The fourth-order valence-electron chi connectivity index (χ4n) is 2.55. The highest BCUT2D eigenvalue weighted by atomic mass is 79.9. The van der Waals surface area contributed by atoms with Crippen molar-refractivity contribution in [1.29, 1.82) is 0 Å². The Morgan fingerprint density at radius 3 is 2.53 bits per heavy atom. The smallest absolute Gasteiger partial charge is 0.290 e. The van der Waals surface area contributed by atoms with Crippen molar-refractivity contribution in [3.8, 4) is 5.75 Å². The number of nitro benzene ring substituents is 1.